The van der Waals surface area contributed by atoms with Gasteiger partial charge in [-0.05, 0) is 20.4 Å². The number of hydrogen-bond acceptors (Lipinski definition) is 4. The van der Waals surface area contributed by atoms with Gasteiger partial charge in [-0.15, -0.1) is 0 Å². The number of aliphatic hydroxyl groups is 1. The normalized spacial score (nSPS) is 14.1. The number of urea groups is 1. The largest absolute Gasteiger partial charge is 0.480 e. The number of rotatable bonds is 8. The first-order chi connectivity index (χ1) is 8.42. The first-order valence-corrected chi connectivity index (χ1v) is 6.00. The van der Waals surface area contributed by atoms with Gasteiger partial charge in [0.05, 0.1) is 6.61 Å². The number of carbonyl (C=O) groups excluding carboxylic acids is 1. The molecule has 0 saturated carbocycles. The Bertz CT molecular complexity index is 273. The van der Waals surface area contributed by atoms with Gasteiger partial charge in [-0.2, -0.15) is 0 Å². The molecule has 0 rings (SSSR count). The van der Waals surface area contributed by atoms with E-state index in [2.05, 4.69) is 29.4 Å². The molecule has 0 spiro atoms. The van der Waals surface area contributed by atoms with Crippen molar-refractivity contribution in [2.24, 2.45) is 0 Å². The Morgan fingerprint density at radius 3 is 2.44 bits per heavy atom. The van der Waals surface area contributed by atoms with Crippen LogP contribution in [0, 0.1) is 0 Å². The van der Waals surface area contributed by atoms with E-state index in [1.54, 1.807) is 0 Å². The van der Waals surface area contributed by atoms with E-state index < -0.39 is 24.6 Å². The van der Waals surface area contributed by atoms with Crippen molar-refractivity contribution < 1.29 is 19.8 Å². The molecule has 0 aromatic heterocycles. The van der Waals surface area contributed by atoms with Crippen molar-refractivity contribution in [1.29, 1.82) is 0 Å². The first-order valence-electron chi connectivity index (χ1n) is 6.00. The first kappa shape index (κ1) is 16.7. The molecule has 2 atom stereocenters. The van der Waals surface area contributed by atoms with Crippen LogP contribution in [-0.4, -0.2) is 65.9 Å². The Morgan fingerprint density at radius 1 is 1.39 bits per heavy atom. The van der Waals surface area contributed by atoms with E-state index in [1.165, 1.54) is 0 Å². The molecule has 2 amide bonds. The van der Waals surface area contributed by atoms with Crippen molar-refractivity contribution >= 4 is 12.0 Å². The predicted octanol–water partition coefficient (Wildman–Crippen LogP) is -0.539. The maximum absolute atomic E-state index is 11.3. The highest BCUT2D eigenvalue weighted by Gasteiger charge is 2.18. The molecule has 7 nitrogen and oxygen atoms in total. The van der Waals surface area contributed by atoms with Crippen molar-refractivity contribution in [3.8, 4) is 0 Å². The average Bonchev–Trinajstić information content (AvgIpc) is 2.34. The van der Waals surface area contributed by atoms with Crippen LogP contribution < -0.4 is 10.6 Å². The van der Waals surface area contributed by atoms with Gasteiger partial charge in [-0.1, -0.05) is 6.92 Å². The third-order valence-electron chi connectivity index (χ3n) is 2.88. The van der Waals surface area contributed by atoms with Gasteiger partial charge in [-0.3, -0.25) is 0 Å². The lowest BCUT2D eigenvalue weighted by atomic mass is 10.2. The molecule has 0 aliphatic rings. The summed E-state index contributed by atoms with van der Waals surface area (Å²) in [4.78, 5) is 24.0. The maximum Gasteiger partial charge on any atom is 0.328 e. The van der Waals surface area contributed by atoms with Gasteiger partial charge in [0.1, 0.15) is 0 Å². The van der Waals surface area contributed by atoms with Gasteiger partial charge in [0, 0.05) is 19.1 Å². The molecular formula is C11H23N3O4. The molecule has 0 aromatic carbocycles. The fourth-order valence-electron chi connectivity index (χ4n) is 1.27. The van der Waals surface area contributed by atoms with Crippen LogP contribution in [0.2, 0.25) is 0 Å². The Labute approximate surface area is 107 Å². The molecule has 0 fully saturated rings. The number of aliphatic hydroxyl groups excluding tert-OH is 1. The molecule has 18 heavy (non-hydrogen) atoms. The molecule has 0 heterocycles. The van der Waals surface area contributed by atoms with Gasteiger partial charge in [-0.25, -0.2) is 9.59 Å². The zero-order chi connectivity index (χ0) is 14.1. The highest BCUT2D eigenvalue weighted by atomic mass is 16.4. The number of carbonyl (C=O) groups is 2. The number of nitrogens with one attached hydrogen (secondary N) is 2. The van der Waals surface area contributed by atoms with Gasteiger partial charge >= 0.3 is 12.0 Å². The zero-order valence-corrected chi connectivity index (χ0v) is 11.1. The summed E-state index contributed by atoms with van der Waals surface area (Å²) in [6.45, 7) is 4.64. The van der Waals surface area contributed by atoms with Crippen molar-refractivity contribution in [2.45, 2.75) is 32.4 Å². The molecule has 4 N–H and O–H groups in total. The fraction of sp³-hybridized carbons (Fsp3) is 0.818. The number of carboxylic acid groups (broad SMARTS) is 1. The number of hydrogen-bond donors (Lipinski definition) is 4. The second-order valence-corrected chi connectivity index (χ2v) is 4.21. The number of aliphatic carboxylic acids is 1. The lowest BCUT2D eigenvalue weighted by Gasteiger charge is -2.23. The van der Waals surface area contributed by atoms with E-state index in [9.17, 15) is 9.59 Å². The van der Waals surface area contributed by atoms with Crippen LogP contribution in [-0.2, 0) is 4.79 Å². The summed E-state index contributed by atoms with van der Waals surface area (Å²) in [6.07, 6.45) is 1.02. The molecule has 7 heteroatoms. The lowest BCUT2D eigenvalue weighted by molar-refractivity contribution is -0.140. The van der Waals surface area contributed by atoms with Crippen LogP contribution in [0.4, 0.5) is 4.79 Å². The molecule has 0 saturated heterocycles. The Kier molecular flexibility index (Phi) is 8.06. The van der Waals surface area contributed by atoms with Crippen molar-refractivity contribution in [1.82, 2.24) is 15.5 Å². The van der Waals surface area contributed by atoms with Crippen LogP contribution in [0.5, 0.6) is 0 Å². The van der Waals surface area contributed by atoms with E-state index in [-0.39, 0.29) is 0 Å². The molecule has 0 aliphatic carbocycles. The van der Waals surface area contributed by atoms with E-state index in [0.717, 1.165) is 6.42 Å². The number of amides is 2. The standard InChI is InChI=1S/C11H23N3O4/c1-4-8(2)14(3)6-5-12-11(18)13-9(7-15)10(16)17/h8-9,15H,4-7H2,1-3H3,(H,16,17)(H2,12,13,18)/t8?,9-/m1/s1. The fourth-order valence-corrected chi connectivity index (χ4v) is 1.27. The maximum atomic E-state index is 11.3. The van der Waals surface area contributed by atoms with Crippen LogP contribution in [0.1, 0.15) is 20.3 Å². The highest BCUT2D eigenvalue weighted by Crippen LogP contribution is 1.97. The minimum Gasteiger partial charge on any atom is -0.480 e. The van der Waals surface area contributed by atoms with Gasteiger partial charge in [0.2, 0.25) is 0 Å². The summed E-state index contributed by atoms with van der Waals surface area (Å²) in [5, 5.41) is 22.1. The monoisotopic (exact) mass is 261 g/mol. The summed E-state index contributed by atoms with van der Waals surface area (Å²) < 4.78 is 0. The molecule has 0 aliphatic heterocycles. The molecule has 106 valence electrons. The molecule has 0 aromatic rings. The molecule has 1 unspecified atom stereocenters. The Balaban J connectivity index is 3.87. The summed E-state index contributed by atoms with van der Waals surface area (Å²) >= 11 is 0. The van der Waals surface area contributed by atoms with Gasteiger partial charge in [0.15, 0.2) is 6.04 Å². The van der Waals surface area contributed by atoms with Gasteiger partial charge < -0.3 is 25.7 Å². The molecular weight excluding hydrogens is 238 g/mol. The third-order valence-corrected chi connectivity index (χ3v) is 2.88. The molecule has 0 bridgehead atoms. The van der Waals surface area contributed by atoms with Crippen molar-refractivity contribution in [3.05, 3.63) is 0 Å². The Morgan fingerprint density at radius 2 is 2.00 bits per heavy atom. The van der Waals surface area contributed by atoms with Crippen molar-refractivity contribution in [2.75, 3.05) is 26.7 Å². The number of likely N-dealkylation sites (N-methyl/N-ethyl adjacent to an activating group) is 1. The minimum atomic E-state index is -1.27. The lowest BCUT2D eigenvalue weighted by Crippen LogP contribution is -2.49. The zero-order valence-electron chi connectivity index (χ0n) is 11.1. The van der Waals surface area contributed by atoms with Crippen molar-refractivity contribution in [3.63, 3.8) is 0 Å². The number of nitrogens with zero attached hydrogens (tertiary/aromatic N) is 1. The average molecular weight is 261 g/mol. The van der Waals surface area contributed by atoms with E-state index in [1.807, 2.05) is 7.05 Å². The van der Waals surface area contributed by atoms with E-state index >= 15 is 0 Å². The van der Waals surface area contributed by atoms with Gasteiger partial charge in [0.25, 0.3) is 0 Å². The van der Waals surface area contributed by atoms with E-state index in [0.29, 0.717) is 19.1 Å². The molecule has 0 radical (unpaired) electrons. The summed E-state index contributed by atoms with van der Waals surface area (Å²) in [5.74, 6) is -1.26. The van der Waals surface area contributed by atoms with Crippen LogP contribution >= 0.6 is 0 Å². The smallest absolute Gasteiger partial charge is 0.328 e. The number of carboxylic acids is 1. The second-order valence-electron chi connectivity index (χ2n) is 4.21. The predicted molar refractivity (Wildman–Crippen MR) is 67.4 cm³/mol. The summed E-state index contributed by atoms with van der Waals surface area (Å²) in [7, 11) is 1.96. The van der Waals surface area contributed by atoms with Crippen LogP contribution in [0.3, 0.4) is 0 Å². The summed E-state index contributed by atoms with van der Waals surface area (Å²) in [6, 6.07) is -1.43. The van der Waals surface area contributed by atoms with Crippen LogP contribution in [0.15, 0.2) is 0 Å². The third kappa shape index (κ3) is 6.41. The Hall–Kier alpha value is -1.34. The second kappa shape index (κ2) is 8.71. The topological polar surface area (TPSA) is 102 Å². The highest BCUT2D eigenvalue weighted by molar-refractivity contribution is 5.82. The van der Waals surface area contributed by atoms with Crippen LogP contribution in [0.25, 0.3) is 0 Å². The van der Waals surface area contributed by atoms with E-state index in [4.69, 9.17) is 10.2 Å². The quantitative estimate of drug-likeness (QED) is 0.470. The summed E-state index contributed by atoms with van der Waals surface area (Å²) in [5.41, 5.74) is 0. The SMILES string of the molecule is CCC(C)N(C)CCNC(=O)N[C@H](CO)C(=O)O. The minimum absolute atomic E-state index is 0.421.